The number of carbonyl (C=O) groups is 2. The van der Waals surface area contributed by atoms with Crippen molar-refractivity contribution in [3.05, 3.63) is 12.2 Å². The van der Waals surface area contributed by atoms with E-state index in [1.54, 1.807) is 0 Å². The van der Waals surface area contributed by atoms with Crippen LogP contribution in [0.2, 0.25) is 0 Å². The minimum atomic E-state index is -0.667. The summed E-state index contributed by atoms with van der Waals surface area (Å²) in [5.74, 6) is -0.0268. The van der Waals surface area contributed by atoms with Crippen molar-refractivity contribution in [1.29, 1.82) is 0 Å². The van der Waals surface area contributed by atoms with Crippen LogP contribution < -0.4 is 5.32 Å². The fourth-order valence-electron chi connectivity index (χ4n) is 9.46. The van der Waals surface area contributed by atoms with Gasteiger partial charge in [0.1, 0.15) is 0 Å². The Morgan fingerprint density at radius 2 is 0.712 bits per heavy atom. The lowest BCUT2D eigenvalue weighted by Crippen LogP contribution is -2.45. The Morgan fingerprint density at radius 1 is 0.409 bits per heavy atom. The summed E-state index contributed by atoms with van der Waals surface area (Å²) in [7, 11) is 0. The Bertz CT molecular complexity index is 986. The molecule has 0 aliphatic carbocycles. The third kappa shape index (κ3) is 52.0. The van der Waals surface area contributed by atoms with Crippen molar-refractivity contribution in [2.75, 3.05) is 13.2 Å². The summed E-state index contributed by atoms with van der Waals surface area (Å²) in [6, 6.07) is -0.544. The van der Waals surface area contributed by atoms with Gasteiger partial charge in [-0.2, -0.15) is 0 Å². The van der Waals surface area contributed by atoms with E-state index >= 15 is 0 Å². The number of hydrogen-bond acceptors (Lipinski definition) is 5. The monoisotopic (exact) mass is 932 g/mol. The topological polar surface area (TPSA) is 95.9 Å². The molecule has 0 aromatic rings. The van der Waals surface area contributed by atoms with E-state index in [1.807, 2.05) is 0 Å². The highest BCUT2D eigenvalue weighted by Gasteiger charge is 2.20. The number of carbonyl (C=O) groups excluding carboxylic acids is 2. The summed E-state index contributed by atoms with van der Waals surface area (Å²) in [5.41, 5.74) is 0. The predicted octanol–water partition coefficient (Wildman–Crippen LogP) is 18.5. The van der Waals surface area contributed by atoms with Gasteiger partial charge in [-0.05, 0) is 51.4 Å². The fraction of sp³-hybridized carbons (Fsp3) is 0.933. The second-order valence-corrected chi connectivity index (χ2v) is 20.7. The van der Waals surface area contributed by atoms with E-state index in [0.29, 0.717) is 25.9 Å². The van der Waals surface area contributed by atoms with Crippen molar-refractivity contribution < 1.29 is 24.5 Å². The van der Waals surface area contributed by atoms with Crippen molar-refractivity contribution in [3.63, 3.8) is 0 Å². The molecule has 66 heavy (non-hydrogen) atoms. The standard InChI is InChI=1S/C60H117NO5/c1-3-5-7-9-11-13-15-17-29-32-36-40-44-48-52-58(63)57(56-62)61-59(64)53-49-45-41-37-33-30-27-25-23-21-19-18-20-22-24-26-28-31-35-39-43-47-51-55-66-60(65)54-50-46-42-38-34-16-14-12-10-8-6-4-2/h21,23,57-58,62-63H,3-20,22,24-56H2,1-2H3,(H,61,64)/b23-21-. The van der Waals surface area contributed by atoms with Crippen molar-refractivity contribution in [2.45, 2.75) is 347 Å². The summed E-state index contributed by atoms with van der Waals surface area (Å²) < 4.78 is 5.47. The minimum Gasteiger partial charge on any atom is -0.466 e. The van der Waals surface area contributed by atoms with Gasteiger partial charge in [-0.15, -0.1) is 0 Å². The van der Waals surface area contributed by atoms with E-state index in [2.05, 4.69) is 31.3 Å². The molecule has 0 aliphatic rings. The van der Waals surface area contributed by atoms with Crippen LogP contribution in [-0.4, -0.2) is 47.4 Å². The summed E-state index contributed by atoms with van der Waals surface area (Å²) in [6.45, 7) is 4.97. The van der Waals surface area contributed by atoms with Crippen LogP contribution in [-0.2, 0) is 14.3 Å². The SMILES string of the molecule is CCCCCCCCCCCCCCCCC(O)C(CO)NC(=O)CCCCCCCCC/C=C\CCCCCCCCCCCCCCOC(=O)CCCCCCCCCCCCCC. The van der Waals surface area contributed by atoms with Crippen molar-refractivity contribution in [1.82, 2.24) is 5.32 Å². The molecule has 0 heterocycles. The third-order valence-corrected chi connectivity index (χ3v) is 14.1. The molecular weight excluding hydrogens is 815 g/mol. The first-order valence-electron chi connectivity index (χ1n) is 29.9. The van der Waals surface area contributed by atoms with Crippen LogP contribution in [0.15, 0.2) is 12.2 Å². The van der Waals surface area contributed by atoms with Crippen LogP contribution in [0.4, 0.5) is 0 Å². The number of hydrogen-bond donors (Lipinski definition) is 3. The van der Waals surface area contributed by atoms with Gasteiger partial charge < -0.3 is 20.3 Å². The number of rotatable bonds is 56. The number of nitrogens with one attached hydrogen (secondary N) is 1. The molecule has 0 radical (unpaired) electrons. The number of unbranched alkanes of at least 4 members (excludes halogenated alkanes) is 43. The van der Waals surface area contributed by atoms with E-state index in [4.69, 9.17) is 4.74 Å². The lowest BCUT2D eigenvalue weighted by atomic mass is 10.0. The molecule has 0 aromatic heterocycles. The van der Waals surface area contributed by atoms with Gasteiger partial charge in [-0.25, -0.2) is 0 Å². The average molecular weight is 933 g/mol. The van der Waals surface area contributed by atoms with E-state index < -0.39 is 12.1 Å². The van der Waals surface area contributed by atoms with E-state index in [9.17, 15) is 19.8 Å². The maximum Gasteiger partial charge on any atom is 0.305 e. The molecule has 0 spiro atoms. The van der Waals surface area contributed by atoms with Gasteiger partial charge in [-0.3, -0.25) is 9.59 Å². The highest BCUT2D eigenvalue weighted by Crippen LogP contribution is 2.17. The zero-order valence-electron chi connectivity index (χ0n) is 44.7. The van der Waals surface area contributed by atoms with Crippen LogP contribution in [0.25, 0.3) is 0 Å². The van der Waals surface area contributed by atoms with Gasteiger partial charge in [0.2, 0.25) is 5.91 Å². The van der Waals surface area contributed by atoms with E-state index in [1.165, 1.54) is 263 Å². The molecule has 2 unspecified atom stereocenters. The predicted molar refractivity (Wildman–Crippen MR) is 287 cm³/mol. The molecule has 392 valence electrons. The first-order chi connectivity index (χ1) is 32.5. The molecule has 1 amide bonds. The molecule has 2 atom stereocenters. The Kier molecular flexibility index (Phi) is 55.0. The second-order valence-electron chi connectivity index (χ2n) is 20.7. The van der Waals surface area contributed by atoms with Crippen LogP contribution in [0, 0.1) is 0 Å². The normalized spacial score (nSPS) is 12.6. The Hall–Kier alpha value is -1.40. The first kappa shape index (κ1) is 64.6. The number of ether oxygens (including phenoxy) is 1. The van der Waals surface area contributed by atoms with E-state index in [0.717, 1.165) is 38.5 Å². The number of esters is 1. The van der Waals surface area contributed by atoms with Crippen LogP contribution in [0.5, 0.6) is 0 Å². The molecule has 0 bridgehead atoms. The Labute approximate surface area is 412 Å². The zero-order valence-corrected chi connectivity index (χ0v) is 44.7. The van der Waals surface area contributed by atoms with Crippen LogP contribution in [0.1, 0.15) is 335 Å². The third-order valence-electron chi connectivity index (χ3n) is 14.1. The fourth-order valence-corrected chi connectivity index (χ4v) is 9.46. The number of aliphatic hydroxyl groups is 2. The smallest absolute Gasteiger partial charge is 0.305 e. The highest BCUT2D eigenvalue weighted by molar-refractivity contribution is 5.76. The first-order valence-corrected chi connectivity index (χ1v) is 29.9. The quantitative estimate of drug-likeness (QED) is 0.0321. The molecule has 3 N–H and O–H groups in total. The summed E-state index contributed by atoms with van der Waals surface area (Å²) in [5, 5.41) is 23.3. The molecule has 0 fully saturated rings. The summed E-state index contributed by atoms with van der Waals surface area (Å²) in [4.78, 5) is 24.5. The van der Waals surface area contributed by atoms with Gasteiger partial charge in [0, 0.05) is 12.8 Å². The molecule has 0 rings (SSSR count). The molecule has 6 heteroatoms. The van der Waals surface area contributed by atoms with Crippen LogP contribution >= 0.6 is 0 Å². The van der Waals surface area contributed by atoms with Crippen molar-refractivity contribution in [2.24, 2.45) is 0 Å². The minimum absolute atomic E-state index is 0.0127. The lowest BCUT2D eigenvalue weighted by molar-refractivity contribution is -0.143. The van der Waals surface area contributed by atoms with Gasteiger partial charge in [0.15, 0.2) is 0 Å². The van der Waals surface area contributed by atoms with Gasteiger partial charge in [0.05, 0.1) is 25.4 Å². The van der Waals surface area contributed by atoms with Gasteiger partial charge >= 0.3 is 5.97 Å². The maximum absolute atomic E-state index is 12.5. The van der Waals surface area contributed by atoms with Gasteiger partial charge in [-0.1, -0.05) is 283 Å². The van der Waals surface area contributed by atoms with Crippen molar-refractivity contribution in [3.8, 4) is 0 Å². The number of amides is 1. The van der Waals surface area contributed by atoms with E-state index in [-0.39, 0.29) is 18.5 Å². The largest absolute Gasteiger partial charge is 0.466 e. The Balaban J connectivity index is 3.40. The second kappa shape index (κ2) is 56.2. The molecule has 0 aliphatic heterocycles. The lowest BCUT2D eigenvalue weighted by Gasteiger charge is -2.22. The van der Waals surface area contributed by atoms with Gasteiger partial charge in [0.25, 0.3) is 0 Å². The molecule has 0 saturated carbocycles. The maximum atomic E-state index is 12.5. The highest BCUT2D eigenvalue weighted by atomic mass is 16.5. The summed E-state index contributed by atoms with van der Waals surface area (Å²) in [6.07, 6.45) is 66.4. The molecule has 6 nitrogen and oxygen atoms in total. The molecule has 0 aromatic carbocycles. The zero-order chi connectivity index (χ0) is 47.9. The number of allylic oxidation sites excluding steroid dienone is 2. The molecule has 0 saturated heterocycles. The average Bonchev–Trinajstić information content (AvgIpc) is 3.32. The molecular formula is C60H117NO5. The summed E-state index contributed by atoms with van der Waals surface area (Å²) >= 11 is 0. The van der Waals surface area contributed by atoms with Crippen LogP contribution in [0.3, 0.4) is 0 Å². The number of aliphatic hydroxyl groups excluding tert-OH is 2. The van der Waals surface area contributed by atoms with Crippen molar-refractivity contribution >= 4 is 11.9 Å². The Morgan fingerprint density at radius 3 is 1.08 bits per heavy atom.